The summed E-state index contributed by atoms with van der Waals surface area (Å²) in [6.45, 7) is 3.92. The molecule has 0 unspecified atom stereocenters. The van der Waals surface area contributed by atoms with Gasteiger partial charge in [-0.05, 0) is 49.7 Å². The van der Waals surface area contributed by atoms with Gasteiger partial charge in [-0.15, -0.1) is 0 Å². The maximum Gasteiger partial charge on any atom is 0.253 e. The average molecular weight is 438 g/mol. The van der Waals surface area contributed by atoms with Crippen molar-refractivity contribution in [2.45, 2.75) is 26.3 Å². The summed E-state index contributed by atoms with van der Waals surface area (Å²) in [5, 5.41) is 5.88. The molecular formula is C20H24ClN3O4S. The van der Waals surface area contributed by atoms with Gasteiger partial charge in [0.15, 0.2) is 0 Å². The molecule has 1 atom stereocenters. The van der Waals surface area contributed by atoms with E-state index in [0.29, 0.717) is 28.5 Å². The van der Waals surface area contributed by atoms with Gasteiger partial charge in [0.1, 0.15) is 6.04 Å². The second kappa shape index (κ2) is 9.76. The molecule has 0 radical (unpaired) electrons. The normalized spacial score (nSPS) is 12.1. The summed E-state index contributed by atoms with van der Waals surface area (Å²) in [6.07, 6.45) is 1.80. The van der Waals surface area contributed by atoms with E-state index in [0.717, 1.165) is 17.0 Å². The van der Waals surface area contributed by atoms with Crippen LogP contribution in [0, 0.1) is 0 Å². The Kier molecular flexibility index (Phi) is 7.64. The van der Waals surface area contributed by atoms with Gasteiger partial charge in [-0.1, -0.05) is 30.7 Å². The lowest BCUT2D eigenvalue weighted by atomic mass is 10.1. The van der Waals surface area contributed by atoms with Gasteiger partial charge < -0.3 is 10.6 Å². The molecule has 156 valence electrons. The maximum atomic E-state index is 12.9. The standard InChI is InChI=1S/C20H24ClN3O4S/c1-4-13-22-20(26)17-7-5-6-8-18(17)23-19(25)14(2)24(29(3,27)28)16-11-9-15(21)10-12-16/h5-12,14H,4,13H2,1-3H3,(H,22,26)(H,23,25)/t14-/m0/s1. The van der Waals surface area contributed by atoms with Crippen molar-refractivity contribution in [3.8, 4) is 0 Å². The Morgan fingerprint density at radius 1 is 1.10 bits per heavy atom. The van der Waals surface area contributed by atoms with Gasteiger partial charge in [0.25, 0.3) is 5.91 Å². The number of benzene rings is 2. The molecule has 2 rings (SSSR count). The summed E-state index contributed by atoms with van der Waals surface area (Å²) in [6, 6.07) is 11.7. The molecule has 0 fully saturated rings. The summed E-state index contributed by atoms with van der Waals surface area (Å²) < 4.78 is 25.7. The van der Waals surface area contributed by atoms with E-state index in [4.69, 9.17) is 11.6 Å². The number of nitrogens with zero attached hydrogens (tertiary/aromatic N) is 1. The van der Waals surface area contributed by atoms with Gasteiger partial charge in [0.2, 0.25) is 15.9 Å². The second-order valence-electron chi connectivity index (χ2n) is 6.50. The molecule has 9 heteroatoms. The number of sulfonamides is 1. The summed E-state index contributed by atoms with van der Waals surface area (Å²) in [5.41, 5.74) is 0.926. The zero-order chi connectivity index (χ0) is 21.6. The number of amides is 2. The van der Waals surface area contributed by atoms with E-state index in [9.17, 15) is 18.0 Å². The number of carbonyl (C=O) groups is 2. The molecule has 0 saturated carbocycles. The third-order valence-corrected chi connectivity index (χ3v) is 5.63. The third kappa shape index (κ3) is 5.95. The molecule has 0 spiro atoms. The first-order chi connectivity index (χ1) is 13.6. The number of nitrogens with one attached hydrogen (secondary N) is 2. The zero-order valence-electron chi connectivity index (χ0n) is 16.5. The molecule has 0 bridgehead atoms. The molecule has 29 heavy (non-hydrogen) atoms. The van der Waals surface area contributed by atoms with Gasteiger partial charge in [-0.2, -0.15) is 0 Å². The van der Waals surface area contributed by atoms with Crippen molar-refractivity contribution in [1.29, 1.82) is 0 Å². The average Bonchev–Trinajstić information content (AvgIpc) is 2.67. The van der Waals surface area contributed by atoms with E-state index in [2.05, 4.69) is 10.6 Å². The van der Waals surface area contributed by atoms with Crippen LogP contribution in [0.4, 0.5) is 11.4 Å². The van der Waals surface area contributed by atoms with E-state index < -0.39 is 22.0 Å². The Hall–Kier alpha value is -2.58. The number of hydrogen-bond acceptors (Lipinski definition) is 4. The second-order valence-corrected chi connectivity index (χ2v) is 8.80. The molecule has 0 aliphatic carbocycles. The highest BCUT2D eigenvalue weighted by atomic mass is 35.5. The van der Waals surface area contributed by atoms with Crippen molar-refractivity contribution in [1.82, 2.24) is 5.32 Å². The van der Waals surface area contributed by atoms with Gasteiger partial charge in [-0.3, -0.25) is 13.9 Å². The Morgan fingerprint density at radius 2 is 1.72 bits per heavy atom. The highest BCUT2D eigenvalue weighted by Gasteiger charge is 2.29. The zero-order valence-corrected chi connectivity index (χ0v) is 18.0. The largest absolute Gasteiger partial charge is 0.352 e. The fourth-order valence-electron chi connectivity index (χ4n) is 2.76. The Morgan fingerprint density at radius 3 is 2.31 bits per heavy atom. The fraction of sp³-hybridized carbons (Fsp3) is 0.300. The maximum absolute atomic E-state index is 12.9. The first-order valence-electron chi connectivity index (χ1n) is 9.08. The predicted octanol–water partition coefficient (Wildman–Crippen LogP) is 3.27. The van der Waals surface area contributed by atoms with Crippen molar-refractivity contribution in [2.24, 2.45) is 0 Å². The van der Waals surface area contributed by atoms with Gasteiger partial charge in [0, 0.05) is 11.6 Å². The minimum atomic E-state index is -3.76. The van der Waals surface area contributed by atoms with Crippen molar-refractivity contribution in [3.05, 3.63) is 59.1 Å². The molecule has 0 saturated heterocycles. The van der Waals surface area contributed by atoms with E-state index in [1.807, 2.05) is 6.92 Å². The molecule has 2 N–H and O–H groups in total. The predicted molar refractivity (Wildman–Crippen MR) is 116 cm³/mol. The van der Waals surface area contributed by atoms with Crippen LogP contribution in [-0.2, 0) is 14.8 Å². The summed E-state index contributed by atoms with van der Waals surface area (Å²) in [5.74, 6) is -0.880. The van der Waals surface area contributed by atoms with Crippen LogP contribution in [0.25, 0.3) is 0 Å². The highest BCUT2D eigenvalue weighted by Crippen LogP contribution is 2.24. The minimum Gasteiger partial charge on any atom is -0.352 e. The van der Waals surface area contributed by atoms with E-state index in [-0.39, 0.29) is 5.91 Å². The molecular weight excluding hydrogens is 414 g/mol. The fourth-order valence-corrected chi connectivity index (χ4v) is 4.06. The lowest BCUT2D eigenvalue weighted by Gasteiger charge is -2.28. The summed E-state index contributed by atoms with van der Waals surface area (Å²) >= 11 is 5.88. The lowest BCUT2D eigenvalue weighted by Crippen LogP contribution is -2.45. The van der Waals surface area contributed by atoms with Crippen LogP contribution in [0.5, 0.6) is 0 Å². The summed E-state index contributed by atoms with van der Waals surface area (Å²) in [7, 11) is -3.76. The number of rotatable bonds is 8. The smallest absolute Gasteiger partial charge is 0.253 e. The van der Waals surface area contributed by atoms with Crippen LogP contribution in [0.2, 0.25) is 5.02 Å². The number of hydrogen-bond donors (Lipinski definition) is 2. The number of anilines is 2. The van der Waals surface area contributed by atoms with E-state index in [1.54, 1.807) is 36.4 Å². The van der Waals surface area contributed by atoms with Crippen LogP contribution in [0.1, 0.15) is 30.6 Å². The highest BCUT2D eigenvalue weighted by molar-refractivity contribution is 7.92. The number of carbonyl (C=O) groups excluding carboxylic acids is 2. The quantitative estimate of drug-likeness (QED) is 0.662. The Balaban J connectivity index is 2.29. The lowest BCUT2D eigenvalue weighted by molar-refractivity contribution is -0.116. The van der Waals surface area contributed by atoms with Crippen LogP contribution in [-0.4, -0.2) is 39.1 Å². The van der Waals surface area contributed by atoms with Crippen LogP contribution in [0.3, 0.4) is 0 Å². The monoisotopic (exact) mass is 437 g/mol. The van der Waals surface area contributed by atoms with Gasteiger partial charge >= 0.3 is 0 Å². The number of para-hydroxylation sites is 1. The van der Waals surface area contributed by atoms with Gasteiger partial charge in [-0.25, -0.2) is 8.42 Å². The molecule has 0 aliphatic rings. The van der Waals surface area contributed by atoms with Crippen LogP contribution in [0.15, 0.2) is 48.5 Å². The van der Waals surface area contributed by atoms with Crippen LogP contribution >= 0.6 is 11.6 Å². The Bertz CT molecular complexity index is 977. The molecule has 2 aromatic carbocycles. The third-order valence-electron chi connectivity index (χ3n) is 4.13. The van der Waals surface area contributed by atoms with Crippen molar-refractivity contribution in [2.75, 3.05) is 22.4 Å². The van der Waals surface area contributed by atoms with Gasteiger partial charge in [0.05, 0.1) is 23.2 Å². The SMILES string of the molecule is CCCNC(=O)c1ccccc1NC(=O)[C@H](C)N(c1ccc(Cl)cc1)S(C)(=O)=O. The first kappa shape index (κ1) is 22.7. The molecule has 0 aliphatic heterocycles. The molecule has 2 amide bonds. The molecule has 0 aromatic heterocycles. The van der Waals surface area contributed by atoms with Crippen molar-refractivity contribution >= 4 is 44.8 Å². The van der Waals surface area contributed by atoms with Crippen molar-refractivity contribution in [3.63, 3.8) is 0 Å². The van der Waals surface area contributed by atoms with Crippen LogP contribution < -0.4 is 14.9 Å². The minimum absolute atomic E-state index is 0.305. The first-order valence-corrected chi connectivity index (χ1v) is 11.3. The van der Waals surface area contributed by atoms with Crippen molar-refractivity contribution < 1.29 is 18.0 Å². The van der Waals surface area contributed by atoms with E-state index in [1.165, 1.54) is 19.1 Å². The van der Waals surface area contributed by atoms with E-state index >= 15 is 0 Å². The summed E-state index contributed by atoms with van der Waals surface area (Å²) in [4.78, 5) is 25.2. The Labute approximate surface area is 176 Å². The molecule has 0 heterocycles. The molecule has 7 nitrogen and oxygen atoms in total. The number of halogens is 1. The topological polar surface area (TPSA) is 95.6 Å². The molecule has 2 aromatic rings.